The van der Waals surface area contributed by atoms with E-state index in [2.05, 4.69) is 5.32 Å². The van der Waals surface area contributed by atoms with Gasteiger partial charge in [0.05, 0.1) is 17.4 Å². The Morgan fingerprint density at radius 3 is 2.63 bits per heavy atom. The highest BCUT2D eigenvalue weighted by Crippen LogP contribution is 2.30. The summed E-state index contributed by atoms with van der Waals surface area (Å²) in [5.41, 5.74) is 0.902. The molecular formula is C23H19F3N3O5S+. The SMILES string of the molecule is O=C1NC(=O)C(Cc2ccc(OCCc3cccc(C(F)(F)F)c3)c(-[n+]3ccn(C(=O)O)c3)c2)S1. The second-order valence-corrected chi connectivity index (χ2v) is 8.87. The predicted octanol–water partition coefficient (Wildman–Crippen LogP) is 3.83. The monoisotopic (exact) mass is 506 g/mol. The van der Waals surface area contributed by atoms with Crippen LogP contribution in [-0.2, 0) is 23.8 Å². The summed E-state index contributed by atoms with van der Waals surface area (Å²) in [6.07, 6.45) is -0.987. The van der Waals surface area contributed by atoms with Crippen LogP contribution >= 0.6 is 11.8 Å². The molecule has 0 aliphatic carbocycles. The number of alkyl halides is 3. The van der Waals surface area contributed by atoms with E-state index in [9.17, 15) is 32.7 Å². The number of hydrogen-bond acceptors (Lipinski definition) is 5. The second-order valence-electron chi connectivity index (χ2n) is 7.70. The summed E-state index contributed by atoms with van der Waals surface area (Å²) in [5, 5.41) is 10.5. The third-order valence-corrected chi connectivity index (χ3v) is 6.23. The number of nitrogens with one attached hydrogen (secondary N) is 1. The number of aromatic nitrogens is 2. The Labute approximate surface area is 201 Å². The summed E-state index contributed by atoms with van der Waals surface area (Å²) in [4.78, 5) is 34.7. The van der Waals surface area contributed by atoms with Gasteiger partial charge in [-0.05, 0) is 35.7 Å². The number of carboxylic acid groups (broad SMARTS) is 1. The number of halogens is 3. The molecule has 4 rings (SSSR count). The number of carbonyl (C=O) groups excluding carboxylic acids is 2. The molecule has 1 aliphatic rings. The Morgan fingerprint density at radius 1 is 1.17 bits per heavy atom. The van der Waals surface area contributed by atoms with Crippen molar-refractivity contribution in [1.82, 2.24) is 9.88 Å². The molecule has 1 fully saturated rings. The summed E-state index contributed by atoms with van der Waals surface area (Å²) in [5.74, 6) is -0.0129. The molecule has 0 saturated carbocycles. The van der Waals surface area contributed by atoms with E-state index in [1.54, 1.807) is 24.3 Å². The van der Waals surface area contributed by atoms with Crippen LogP contribution in [0.5, 0.6) is 5.75 Å². The third-order valence-electron chi connectivity index (χ3n) is 5.25. The van der Waals surface area contributed by atoms with E-state index in [1.807, 2.05) is 0 Å². The maximum absolute atomic E-state index is 13.0. The smallest absolute Gasteiger partial charge is 0.489 e. The number of nitrogens with zero attached hydrogens (tertiary/aromatic N) is 2. The minimum Gasteiger partial charge on any atom is -0.489 e. The minimum absolute atomic E-state index is 0.0727. The zero-order valence-electron chi connectivity index (χ0n) is 18.0. The molecule has 2 aromatic carbocycles. The molecule has 1 aliphatic heterocycles. The average molecular weight is 506 g/mol. The first-order valence-electron chi connectivity index (χ1n) is 10.4. The Kier molecular flexibility index (Phi) is 6.83. The lowest BCUT2D eigenvalue weighted by Crippen LogP contribution is -2.30. The Balaban J connectivity index is 1.55. The number of thioether (sulfide) groups is 1. The van der Waals surface area contributed by atoms with E-state index in [1.165, 1.54) is 29.4 Å². The maximum Gasteiger partial charge on any atom is 0.509 e. The molecule has 1 saturated heterocycles. The van der Waals surface area contributed by atoms with Gasteiger partial charge in [0, 0.05) is 6.42 Å². The Hall–Kier alpha value is -3.80. The number of imide groups is 1. The maximum atomic E-state index is 13.0. The molecular weight excluding hydrogens is 487 g/mol. The van der Waals surface area contributed by atoms with Gasteiger partial charge in [0.2, 0.25) is 5.91 Å². The van der Waals surface area contributed by atoms with Gasteiger partial charge in [-0.2, -0.15) is 22.5 Å². The van der Waals surface area contributed by atoms with Gasteiger partial charge in [0.25, 0.3) is 11.6 Å². The molecule has 2 heterocycles. The van der Waals surface area contributed by atoms with Crippen LogP contribution in [0, 0.1) is 0 Å². The molecule has 1 aromatic heterocycles. The summed E-state index contributed by atoms with van der Waals surface area (Å²) < 4.78 is 47.2. The lowest BCUT2D eigenvalue weighted by molar-refractivity contribution is -0.595. The largest absolute Gasteiger partial charge is 0.509 e. The highest BCUT2D eigenvalue weighted by molar-refractivity contribution is 8.15. The minimum atomic E-state index is -4.44. The normalized spacial score (nSPS) is 15.8. The van der Waals surface area contributed by atoms with Crippen LogP contribution < -0.4 is 14.6 Å². The van der Waals surface area contributed by atoms with E-state index in [4.69, 9.17) is 4.74 Å². The Bertz CT molecular complexity index is 1290. The summed E-state index contributed by atoms with van der Waals surface area (Å²) in [7, 11) is 0. The van der Waals surface area contributed by atoms with Crippen molar-refractivity contribution in [3.05, 3.63) is 77.9 Å². The number of carbonyl (C=O) groups is 3. The number of amides is 2. The lowest BCUT2D eigenvalue weighted by Gasteiger charge is -2.13. The molecule has 1 atom stereocenters. The fourth-order valence-electron chi connectivity index (χ4n) is 3.55. The van der Waals surface area contributed by atoms with Gasteiger partial charge in [-0.1, -0.05) is 36.0 Å². The second kappa shape index (κ2) is 9.82. The van der Waals surface area contributed by atoms with Crippen LogP contribution in [0.25, 0.3) is 5.69 Å². The molecule has 0 bridgehead atoms. The van der Waals surface area contributed by atoms with Crippen molar-refractivity contribution >= 4 is 29.0 Å². The molecule has 2 amide bonds. The molecule has 0 spiro atoms. The van der Waals surface area contributed by atoms with Crippen molar-refractivity contribution in [2.45, 2.75) is 24.3 Å². The molecule has 2 N–H and O–H groups in total. The van der Waals surface area contributed by atoms with Crippen LogP contribution in [-0.4, -0.2) is 38.8 Å². The summed E-state index contributed by atoms with van der Waals surface area (Å²) in [6.45, 7) is 0.0727. The zero-order chi connectivity index (χ0) is 25.2. The highest BCUT2D eigenvalue weighted by Gasteiger charge is 2.32. The van der Waals surface area contributed by atoms with Crippen molar-refractivity contribution in [1.29, 1.82) is 0 Å². The Morgan fingerprint density at radius 2 is 1.97 bits per heavy atom. The van der Waals surface area contributed by atoms with E-state index < -0.39 is 28.3 Å². The van der Waals surface area contributed by atoms with Crippen molar-refractivity contribution in [3.63, 3.8) is 0 Å². The van der Waals surface area contributed by atoms with E-state index >= 15 is 0 Å². The predicted molar refractivity (Wildman–Crippen MR) is 119 cm³/mol. The van der Waals surface area contributed by atoms with Gasteiger partial charge in [0.1, 0.15) is 12.4 Å². The molecule has 1 unspecified atom stereocenters. The summed E-state index contributed by atoms with van der Waals surface area (Å²) >= 11 is 0.897. The molecule has 182 valence electrons. The van der Waals surface area contributed by atoms with Gasteiger partial charge < -0.3 is 9.84 Å². The van der Waals surface area contributed by atoms with Crippen molar-refractivity contribution < 1.29 is 42.0 Å². The van der Waals surface area contributed by atoms with Gasteiger partial charge >= 0.3 is 12.3 Å². The molecule has 0 radical (unpaired) electrons. The molecule has 12 heteroatoms. The van der Waals surface area contributed by atoms with Gasteiger partial charge in [-0.15, -0.1) is 4.57 Å². The first-order chi connectivity index (χ1) is 16.6. The number of ether oxygens (including phenoxy) is 1. The van der Waals surface area contributed by atoms with E-state index in [0.29, 0.717) is 22.6 Å². The third kappa shape index (κ3) is 5.83. The number of benzene rings is 2. The zero-order valence-corrected chi connectivity index (χ0v) is 18.8. The quantitative estimate of drug-likeness (QED) is 0.473. The number of hydrogen-bond donors (Lipinski definition) is 2. The van der Waals surface area contributed by atoms with E-state index in [0.717, 1.165) is 28.5 Å². The molecule has 3 aromatic rings. The molecule has 8 nitrogen and oxygen atoms in total. The fraction of sp³-hybridized carbons (Fsp3) is 0.217. The first-order valence-corrected chi connectivity index (χ1v) is 11.2. The molecule has 35 heavy (non-hydrogen) atoms. The van der Waals surface area contributed by atoms with Gasteiger partial charge in [-0.3, -0.25) is 14.9 Å². The average Bonchev–Trinajstić information content (AvgIpc) is 3.41. The number of rotatable bonds is 7. The van der Waals surface area contributed by atoms with Crippen LogP contribution in [0.4, 0.5) is 22.8 Å². The van der Waals surface area contributed by atoms with Gasteiger partial charge in [-0.25, -0.2) is 0 Å². The van der Waals surface area contributed by atoms with Crippen LogP contribution in [0.2, 0.25) is 0 Å². The highest BCUT2D eigenvalue weighted by atomic mass is 32.2. The van der Waals surface area contributed by atoms with Gasteiger partial charge in [0.15, 0.2) is 11.4 Å². The van der Waals surface area contributed by atoms with Crippen molar-refractivity contribution in [2.24, 2.45) is 0 Å². The van der Waals surface area contributed by atoms with Crippen LogP contribution in [0.1, 0.15) is 16.7 Å². The van der Waals surface area contributed by atoms with Crippen molar-refractivity contribution in [2.75, 3.05) is 6.61 Å². The topological polar surface area (TPSA) is 102 Å². The van der Waals surface area contributed by atoms with Crippen molar-refractivity contribution in [3.8, 4) is 11.4 Å². The van der Waals surface area contributed by atoms with E-state index in [-0.39, 0.29) is 25.4 Å². The van der Waals surface area contributed by atoms with Crippen LogP contribution in [0.3, 0.4) is 0 Å². The lowest BCUT2D eigenvalue weighted by atomic mass is 10.1. The first kappa shape index (κ1) is 24.3. The standard InChI is InChI=1S/C23H18F3N3O5S/c24-23(25,26)16-3-1-2-14(10-16)6-9-34-18-5-4-15(12-19-20(30)27-21(31)35-19)11-17(18)28-7-8-29(13-28)22(32)33/h1-5,7-8,10-11,13,19H,6,9,12H2,(H-,27,30,31,32,33)/p+1. The summed E-state index contributed by atoms with van der Waals surface area (Å²) in [6, 6.07) is 10.1. The fourth-order valence-corrected chi connectivity index (χ4v) is 4.41. The van der Waals surface area contributed by atoms with Crippen LogP contribution in [0.15, 0.2) is 61.2 Å². The number of imidazole rings is 1.